The van der Waals surface area contributed by atoms with E-state index in [9.17, 15) is 0 Å². The zero-order valence-electron chi connectivity index (χ0n) is 27.9. The summed E-state index contributed by atoms with van der Waals surface area (Å²) < 4.78 is 0. The molecule has 0 aliphatic rings. The van der Waals surface area contributed by atoms with Crippen molar-refractivity contribution in [3.63, 3.8) is 0 Å². The molecule has 0 radical (unpaired) electrons. The first-order valence-corrected chi connectivity index (χ1v) is 19.8. The van der Waals surface area contributed by atoms with Crippen molar-refractivity contribution in [1.29, 1.82) is 0 Å². The predicted molar refractivity (Wildman–Crippen MR) is 205 cm³/mol. The minimum absolute atomic E-state index is 0.413. The molecule has 2 atom stereocenters. The van der Waals surface area contributed by atoms with Gasteiger partial charge in [0.2, 0.25) is 0 Å². The number of hydrogen-bond acceptors (Lipinski definition) is 2. The second-order valence-corrected chi connectivity index (χ2v) is 17.3. The molecule has 0 saturated carbocycles. The standard InChI is InChI=1S/C42H50N2P2/c1-33(2)41(31-45(37-21-9-5-10-22-37)38-23-11-6-12-24-38)43-29-35-19-17-18-20-36(35)30-44-42(34(3)4)32-46(39-25-13-7-14-26-39)40-27-15-8-16-28-40/h5-28,33-34,41-44H,29-32H2,1-4H3/t41-,42-/m1/s1. The Balaban J connectivity index is 1.28. The van der Waals surface area contributed by atoms with Crippen molar-refractivity contribution in [2.24, 2.45) is 11.8 Å². The highest BCUT2D eigenvalue weighted by atomic mass is 31.1. The molecule has 0 bridgehead atoms. The van der Waals surface area contributed by atoms with Gasteiger partial charge in [0.15, 0.2) is 0 Å². The van der Waals surface area contributed by atoms with Crippen LogP contribution in [0.1, 0.15) is 38.8 Å². The maximum Gasteiger partial charge on any atom is 0.0211 e. The van der Waals surface area contributed by atoms with Crippen LogP contribution in [0, 0.1) is 11.8 Å². The number of nitrogens with one attached hydrogen (secondary N) is 2. The van der Waals surface area contributed by atoms with E-state index in [1.54, 1.807) is 0 Å². The van der Waals surface area contributed by atoms with Crippen molar-refractivity contribution >= 4 is 37.1 Å². The van der Waals surface area contributed by atoms with E-state index in [-0.39, 0.29) is 0 Å². The summed E-state index contributed by atoms with van der Waals surface area (Å²) in [6.07, 6.45) is 2.25. The Labute approximate surface area is 280 Å². The molecular weight excluding hydrogens is 594 g/mol. The molecule has 46 heavy (non-hydrogen) atoms. The fourth-order valence-corrected chi connectivity index (χ4v) is 11.4. The first-order chi connectivity index (χ1) is 22.5. The SMILES string of the molecule is CC(C)[C@@H](CP(c1ccccc1)c1ccccc1)NCc1ccccc1CN[C@H](CP(c1ccccc1)c1ccccc1)C(C)C. The van der Waals surface area contributed by atoms with Crippen LogP contribution >= 0.6 is 15.8 Å². The van der Waals surface area contributed by atoms with Crippen molar-refractivity contribution < 1.29 is 0 Å². The Morgan fingerprint density at radius 1 is 0.391 bits per heavy atom. The van der Waals surface area contributed by atoms with Crippen molar-refractivity contribution in [1.82, 2.24) is 10.6 Å². The second kappa shape index (κ2) is 17.7. The molecule has 5 aromatic carbocycles. The highest BCUT2D eigenvalue weighted by Gasteiger charge is 2.24. The molecule has 2 nitrogen and oxygen atoms in total. The molecule has 5 aromatic rings. The summed E-state index contributed by atoms with van der Waals surface area (Å²) >= 11 is 0. The minimum atomic E-state index is -0.454. The Kier molecular flexibility index (Phi) is 13.2. The molecule has 4 heteroatoms. The molecule has 0 heterocycles. The lowest BCUT2D eigenvalue weighted by Gasteiger charge is -2.30. The summed E-state index contributed by atoms with van der Waals surface area (Å²) in [7, 11) is -0.908. The zero-order chi connectivity index (χ0) is 32.1. The Hall–Kier alpha value is -3.12. The quantitative estimate of drug-likeness (QED) is 0.106. The van der Waals surface area contributed by atoms with E-state index >= 15 is 0 Å². The molecule has 0 unspecified atom stereocenters. The van der Waals surface area contributed by atoms with E-state index in [1.165, 1.54) is 32.3 Å². The van der Waals surface area contributed by atoms with Crippen molar-refractivity contribution in [3.8, 4) is 0 Å². The van der Waals surface area contributed by atoms with E-state index in [1.807, 2.05) is 0 Å². The van der Waals surface area contributed by atoms with Crippen molar-refractivity contribution in [3.05, 3.63) is 157 Å². The normalized spacial score (nSPS) is 13.0. The zero-order valence-corrected chi connectivity index (χ0v) is 29.7. The van der Waals surface area contributed by atoms with Gasteiger partial charge in [0.25, 0.3) is 0 Å². The Morgan fingerprint density at radius 2 is 0.652 bits per heavy atom. The van der Waals surface area contributed by atoms with Crippen LogP contribution in [0.2, 0.25) is 0 Å². The first-order valence-electron chi connectivity index (χ1n) is 16.8. The number of hydrogen-bond donors (Lipinski definition) is 2. The molecule has 238 valence electrons. The van der Waals surface area contributed by atoms with Crippen LogP contribution in [0.4, 0.5) is 0 Å². The van der Waals surface area contributed by atoms with Gasteiger partial charge in [-0.2, -0.15) is 0 Å². The lowest BCUT2D eigenvalue weighted by molar-refractivity contribution is 0.422. The van der Waals surface area contributed by atoms with E-state index < -0.39 is 15.8 Å². The second-order valence-electron chi connectivity index (χ2n) is 12.8. The maximum atomic E-state index is 4.02. The van der Waals surface area contributed by atoms with Gasteiger partial charge in [-0.3, -0.25) is 0 Å². The third kappa shape index (κ3) is 9.70. The van der Waals surface area contributed by atoms with Crippen LogP contribution < -0.4 is 31.9 Å². The summed E-state index contributed by atoms with van der Waals surface area (Å²) in [6.45, 7) is 11.2. The third-order valence-corrected chi connectivity index (χ3v) is 14.1. The van der Waals surface area contributed by atoms with Gasteiger partial charge in [-0.05, 0) is 72.3 Å². The number of rotatable bonds is 16. The van der Waals surface area contributed by atoms with E-state index in [2.05, 4.69) is 184 Å². The highest BCUT2D eigenvalue weighted by molar-refractivity contribution is 7.73. The monoisotopic (exact) mass is 644 g/mol. The molecule has 0 amide bonds. The van der Waals surface area contributed by atoms with E-state index in [0.29, 0.717) is 23.9 Å². The van der Waals surface area contributed by atoms with E-state index in [0.717, 1.165) is 25.4 Å². The van der Waals surface area contributed by atoms with Crippen molar-refractivity contribution in [2.75, 3.05) is 12.3 Å². The van der Waals surface area contributed by atoms with Crippen LogP contribution in [0.5, 0.6) is 0 Å². The van der Waals surface area contributed by atoms with Crippen LogP contribution in [-0.2, 0) is 13.1 Å². The predicted octanol–water partition coefficient (Wildman–Crippen LogP) is 8.18. The van der Waals surface area contributed by atoms with Gasteiger partial charge >= 0.3 is 0 Å². The summed E-state index contributed by atoms with van der Waals surface area (Å²) in [4.78, 5) is 0. The Morgan fingerprint density at radius 3 is 0.913 bits per heavy atom. The first kappa shape index (κ1) is 34.2. The third-order valence-electron chi connectivity index (χ3n) is 8.87. The molecule has 0 aliphatic heterocycles. The van der Waals surface area contributed by atoms with Gasteiger partial charge in [-0.15, -0.1) is 0 Å². The smallest absolute Gasteiger partial charge is 0.0211 e. The van der Waals surface area contributed by atoms with Crippen LogP contribution in [-0.4, -0.2) is 24.4 Å². The minimum Gasteiger partial charge on any atom is -0.309 e. The lowest BCUT2D eigenvalue weighted by Crippen LogP contribution is -2.39. The highest BCUT2D eigenvalue weighted by Crippen LogP contribution is 2.37. The van der Waals surface area contributed by atoms with Gasteiger partial charge < -0.3 is 10.6 Å². The van der Waals surface area contributed by atoms with Crippen LogP contribution in [0.3, 0.4) is 0 Å². The molecule has 0 saturated heterocycles. The van der Waals surface area contributed by atoms with Gasteiger partial charge in [0.1, 0.15) is 0 Å². The molecule has 5 rings (SSSR count). The molecule has 0 aromatic heterocycles. The Bertz CT molecular complexity index is 1360. The van der Waals surface area contributed by atoms with Crippen molar-refractivity contribution in [2.45, 2.75) is 52.9 Å². The molecule has 0 spiro atoms. The summed E-state index contributed by atoms with van der Waals surface area (Å²) in [5.74, 6) is 1.06. The average molecular weight is 645 g/mol. The van der Waals surface area contributed by atoms with Crippen LogP contribution in [0.15, 0.2) is 146 Å². The molecule has 0 aliphatic carbocycles. The topological polar surface area (TPSA) is 24.1 Å². The van der Waals surface area contributed by atoms with Crippen LogP contribution in [0.25, 0.3) is 0 Å². The number of benzene rings is 5. The maximum absolute atomic E-state index is 4.02. The molecule has 0 fully saturated rings. The molecule has 2 N–H and O–H groups in total. The summed E-state index contributed by atoms with van der Waals surface area (Å²) in [5, 5.41) is 13.8. The van der Waals surface area contributed by atoms with Gasteiger partial charge in [0, 0.05) is 25.2 Å². The molecular formula is C42H50N2P2. The van der Waals surface area contributed by atoms with Gasteiger partial charge in [-0.1, -0.05) is 173 Å². The van der Waals surface area contributed by atoms with Gasteiger partial charge in [0.05, 0.1) is 0 Å². The summed E-state index contributed by atoms with van der Waals surface area (Å²) in [5.41, 5.74) is 2.78. The largest absolute Gasteiger partial charge is 0.309 e. The van der Waals surface area contributed by atoms with E-state index in [4.69, 9.17) is 0 Å². The fraction of sp³-hybridized carbons (Fsp3) is 0.286. The van der Waals surface area contributed by atoms with Gasteiger partial charge in [-0.25, -0.2) is 0 Å². The fourth-order valence-electron chi connectivity index (χ4n) is 5.95. The lowest BCUT2D eigenvalue weighted by atomic mass is 10.0. The average Bonchev–Trinajstić information content (AvgIpc) is 3.10. The summed E-state index contributed by atoms with van der Waals surface area (Å²) in [6, 6.07) is 54.3.